The lowest BCUT2D eigenvalue weighted by atomic mass is 9.93. The fraction of sp³-hybridized carbons (Fsp3) is 0.185. The lowest BCUT2D eigenvalue weighted by Gasteiger charge is -2.35. The van der Waals surface area contributed by atoms with Gasteiger partial charge in [0.25, 0.3) is 17.1 Å². The highest BCUT2D eigenvalue weighted by molar-refractivity contribution is 8.18. The molecule has 8 nitrogen and oxygen atoms in total. The monoisotopic (exact) mass is 519 g/mol. The van der Waals surface area contributed by atoms with Crippen molar-refractivity contribution in [3.8, 4) is 0 Å². The molecule has 1 fully saturated rings. The van der Waals surface area contributed by atoms with Crippen molar-refractivity contribution in [1.82, 2.24) is 15.1 Å². The molecule has 2 aliphatic rings. The zero-order chi connectivity index (χ0) is 25.9. The van der Waals surface area contributed by atoms with Crippen LogP contribution >= 0.6 is 11.8 Å². The second-order valence-corrected chi connectivity index (χ2v) is 9.54. The summed E-state index contributed by atoms with van der Waals surface area (Å²) >= 11 is 0.723. The van der Waals surface area contributed by atoms with Crippen molar-refractivity contribution in [3.63, 3.8) is 0 Å². The van der Waals surface area contributed by atoms with Gasteiger partial charge >= 0.3 is 0 Å². The van der Waals surface area contributed by atoms with Crippen LogP contribution in [0.15, 0.2) is 76.2 Å². The maximum absolute atomic E-state index is 14.0. The molecule has 0 aliphatic carbocycles. The van der Waals surface area contributed by atoms with E-state index in [0.717, 1.165) is 27.8 Å². The van der Waals surface area contributed by atoms with Crippen molar-refractivity contribution < 1.29 is 28.0 Å². The minimum Gasteiger partial charge on any atom is -0.459 e. The predicted octanol–water partition coefficient (Wildman–Crippen LogP) is 3.84. The van der Waals surface area contributed by atoms with Gasteiger partial charge in [-0.05, 0) is 47.2 Å². The first-order valence-electron chi connectivity index (χ1n) is 11.6. The van der Waals surface area contributed by atoms with E-state index in [9.17, 15) is 23.6 Å². The molecular formula is C27H22FN3O5S. The maximum Gasteiger partial charge on any atom is 0.293 e. The SMILES string of the molecule is O=C(NCCN1C(=O)S/C(=C\c2ccccc2F)C1=O)C1Cc2ccccc2CN1C(=O)c1ccco1. The highest BCUT2D eigenvalue weighted by atomic mass is 32.2. The number of rotatable bonds is 6. The minimum atomic E-state index is -0.789. The smallest absolute Gasteiger partial charge is 0.293 e. The normalized spacial score (nSPS) is 18.3. The van der Waals surface area contributed by atoms with E-state index in [1.54, 1.807) is 18.2 Å². The second kappa shape index (κ2) is 10.4. The lowest BCUT2D eigenvalue weighted by molar-refractivity contribution is -0.127. The third-order valence-corrected chi connectivity index (χ3v) is 7.15. The zero-order valence-electron chi connectivity index (χ0n) is 19.6. The molecule has 10 heteroatoms. The Hall–Kier alpha value is -4.18. The van der Waals surface area contributed by atoms with Gasteiger partial charge in [0.2, 0.25) is 5.91 Å². The molecule has 0 saturated carbocycles. The predicted molar refractivity (Wildman–Crippen MR) is 135 cm³/mol. The van der Waals surface area contributed by atoms with Gasteiger partial charge in [-0.15, -0.1) is 0 Å². The van der Waals surface area contributed by atoms with E-state index in [-0.39, 0.29) is 35.9 Å². The van der Waals surface area contributed by atoms with Gasteiger partial charge in [-0.2, -0.15) is 0 Å². The summed E-state index contributed by atoms with van der Waals surface area (Å²) in [5.74, 6) is -1.71. The topological polar surface area (TPSA) is 99.9 Å². The Morgan fingerprint density at radius 1 is 1.05 bits per heavy atom. The number of amides is 4. The van der Waals surface area contributed by atoms with Gasteiger partial charge < -0.3 is 14.6 Å². The van der Waals surface area contributed by atoms with Crippen LogP contribution in [0.5, 0.6) is 0 Å². The van der Waals surface area contributed by atoms with Crippen molar-refractivity contribution >= 4 is 40.8 Å². The molecule has 3 aromatic rings. The summed E-state index contributed by atoms with van der Waals surface area (Å²) in [5, 5.41) is 2.26. The van der Waals surface area contributed by atoms with E-state index in [1.165, 1.54) is 35.4 Å². The van der Waals surface area contributed by atoms with Crippen LogP contribution in [0.3, 0.4) is 0 Å². The number of imide groups is 1. The quantitative estimate of drug-likeness (QED) is 0.497. The number of thioether (sulfide) groups is 1. The molecule has 188 valence electrons. The van der Waals surface area contributed by atoms with E-state index in [0.29, 0.717) is 6.42 Å². The van der Waals surface area contributed by atoms with Crippen LogP contribution in [0.25, 0.3) is 6.08 Å². The van der Waals surface area contributed by atoms with E-state index >= 15 is 0 Å². The van der Waals surface area contributed by atoms with E-state index in [4.69, 9.17) is 4.42 Å². The second-order valence-electron chi connectivity index (χ2n) is 8.54. The molecule has 1 unspecified atom stereocenters. The van der Waals surface area contributed by atoms with Crippen LogP contribution in [-0.4, -0.2) is 51.9 Å². The number of nitrogens with zero attached hydrogens (tertiary/aromatic N) is 2. The number of carbonyl (C=O) groups excluding carboxylic acids is 4. The van der Waals surface area contributed by atoms with Gasteiger partial charge in [0.1, 0.15) is 11.9 Å². The first kappa shape index (κ1) is 24.5. The molecule has 5 rings (SSSR count). The molecular weight excluding hydrogens is 497 g/mol. The molecule has 0 radical (unpaired) electrons. The van der Waals surface area contributed by atoms with Crippen LogP contribution in [-0.2, 0) is 22.6 Å². The fourth-order valence-electron chi connectivity index (χ4n) is 4.35. The molecule has 37 heavy (non-hydrogen) atoms. The number of halogens is 1. The zero-order valence-corrected chi connectivity index (χ0v) is 20.4. The van der Waals surface area contributed by atoms with Crippen molar-refractivity contribution in [3.05, 3.63) is 100 Å². The molecule has 1 N–H and O–H groups in total. The van der Waals surface area contributed by atoms with Crippen molar-refractivity contribution in [1.29, 1.82) is 0 Å². The number of carbonyl (C=O) groups is 4. The summed E-state index contributed by atoms with van der Waals surface area (Å²) in [6.45, 7) is 0.197. The molecule has 3 heterocycles. The Balaban J connectivity index is 1.25. The van der Waals surface area contributed by atoms with Crippen LogP contribution in [0.2, 0.25) is 0 Å². The third kappa shape index (κ3) is 5.05. The van der Waals surface area contributed by atoms with Crippen LogP contribution in [0, 0.1) is 5.82 Å². The summed E-state index contributed by atoms with van der Waals surface area (Å²) in [4.78, 5) is 54.0. The average molecular weight is 520 g/mol. The summed E-state index contributed by atoms with van der Waals surface area (Å²) in [6, 6.07) is 15.9. The maximum atomic E-state index is 14.0. The first-order valence-corrected chi connectivity index (χ1v) is 12.4. The number of furan rings is 1. The van der Waals surface area contributed by atoms with Gasteiger partial charge in [-0.3, -0.25) is 24.1 Å². The van der Waals surface area contributed by atoms with Crippen molar-refractivity contribution in [2.24, 2.45) is 0 Å². The Kier molecular flexibility index (Phi) is 6.91. The fourth-order valence-corrected chi connectivity index (χ4v) is 5.20. The third-order valence-electron chi connectivity index (χ3n) is 6.24. The number of fused-ring (bicyclic) bond motifs is 1. The summed E-state index contributed by atoms with van der Waals surface area (Å²) in [7, 11) is 0. The minimum absolute atomic E-state index is 0.00474. The van der Waals surface area contributed by atoms with Crippen LogP contribution in [0.1, 0.15) is 27.2 Å². The Morgan fingerprint density at radius 2 is 1.81 bits per heavy atom. The van der Waals surface area contributed by atoms with Gasteiger partial charge in [0.05, 0.1) is 11.2 Å². The Bertz CT molecular complexity index is 1400. The molecule has 2 aromatic carbocycles. The highest BCUT2D eigenvalue weighted by Gasteiger charge is 2.37. The molecule has 2 aliphatic heterocycles. The van der Waals surface area contributed by atoms with Crippen molar-refractivity contribution in [2.45, 2.75) is 19.0 Å². The lowest BCUT2D eigenvalue weighted by Crippen LogP contribution is -2.53. The summed E-state index contributed by atoms with van der Waals surface area (Å²) in [6.07, 6.45) is 3.06. The molecule has 0 bridgehead atoms. The molecule has 1 atom stereocenters. The Morgan fingerprint density at radius 3 is 2.57 bits per heavy atom. The van der Waals surface area contributed by atoms with Gasteiger partial charge in [-0.25, -0.2) is 4.39 Å². The number of nitrogens with one attached hydrogen (secondary N) is 1. The van der Waals surface area contributed by atoms with E-state index < -0.39 is 34.8 Å². The molecule has 0 spiro atoms. The molecule has 1 saturated heterocycles. The summed E-state index contributed by atoms with van der Waals surface area (Å²) in [5.41, 5.74) is 2.13. The van der Waals surface area contributed by atoms with E-state index in [1.807, 2.05) is 24.3 Å². The standard InChI is InChI=1S/C27H22FN3O5S/c28-20-9-4-3-7-18(20)15-23-26(34)30(27(35)37-23)12-11-29-24(32)21-14-17-6-1-2-8-19(17)16-31(21)25(33)22-10-5-13-36-22/h1-10,13,15,21H,11-12,14,16H2,(H,29,32)/b23-15-. The summed E-state index contributed by atoms with van der Waals surface area (Å²) < 4.78 is 19.2. The number of benzene rings is 2. The average Bonchev–Trinajstić information content (AvgIpc) is 3.53. The van der Waals surface area contributed by atoms with Gasteiger partial charge in [0.15, 0.2) is 5.76 Å². The number of hydrogen-bond acceptors (Lipinski definition) is 6. The van der Waals surface area contributed by atoms with Crippen molar-refractivity contribution in [2.75, 3.05) is 13.1 Å². The number of hydrogen-bond donors (Lipinski definition) is 1. The van der Waals surface area contributed by atoms with Gasteiger partial charge in [-0.1, -0.05) is 42.5 Å². The van der Waals surface area contributed by atoms with Crippen LogP contribution in [0.4, 0.5) is 9.18 Å². The van der Waals surface area contributed by atoms with Crippen LogP contribution < -0.4 is 5.32 Å². The molecule has 4 amide bonds. The Labute approximate surface area is 216 Å². The van der Waals surface area contributed by atoms with Gasteiger partial charge in [0, 0.05) is 31.6 Å². The van der Waals surface area contributed by atoms with E-state index in [2.05, 4.69) is 5.32 Å². The first-order chi connectivity index (χ1) is 17.9. The molecule has 1 aromatic heterocycles. The largest absolute Gasteiger partial charge is 0.459 e. The highest BCUT2D eigenvalue weighted by Crippen LogP contribution is 2.32.